The summed E-state index contributed by atoms with van der Waals surface area (Å²) in [6, 6.07) is 0. The monoisotopic (exact) mass is 195 g/mol. The Morgan fingerprint density at radius 1 is 0.692 bits per heavy atom. The number of aliphatic hydroxyl groups is 5. The molecule has 0 aromatic heterocycles. The van der Waals surface area contributed by atoms with E-state index in [4.69, 9.17) is 21.2 Å². The molecule has 0 heterocycles. The predicted octanol–water partition coefficient (Wildman–Crippen LogP) is -3.94. The Labute approximate surface area is 73.9 Å². The quantitative estimate of drug-likeness (QED) is 0.235. The second-order valence-corrected chi connectivity index (χ2v) is 3.05. The molecule has 0 aromatic rings. The molecule has 1 fully saturated rings. The van der Waals surface area contributed by atoms with Crippen molar-refractivity contribution in [1.82, 2.24) is 0 Å². The average Bonchev–Trinajstić information content (AvgIpc) is 2.13. The van der Waals surface area contributed by atoms with Crippen LogP contribution in [0.3, 0.4) is 0 Å². The van der Waals surface area contributed by atoms with Gasteiger partial charge < -0.3 is 25.5 Å². The van der Waals surface area contributed by atoms with Crippen LogP contribution in [-0.2, 0) is 4.84 Å². The van der Waals surface area contributed by atoms with Crippen molar-refractivity contribution in [2.45, 2.75) is 36.6 Å². The van der Waals surface area contributed by atoms with Gasteiger partial charge in [0.05, 0.1) is 0 Å². The van der Waals surface area contributed by atoms with E-state index in [-0.39, 0.29) is 0 Å². The molecule has 13 heavy (non-hydrogen) atoms. The molecule has 1 aliphatic rings. The van der Waals surface area contributed by atoms with Gasteiger partial charge in [0.1, 0.15) is 36.6 Å². The highest BCUT2D eigenvalue weighted by Crippen LogP contribution is 2.22. The van der Waals surface area contributed by atoms with Crippen molar-refractivity contribution >= 4 is 0 Å². The van der Waals surface area contributed by atoms with Crippen molar-refractivity contribution in [2.75, 3.05) is 0 Å². The minimum atomic E-state index is -1.61. The third-order valence-corrected chi connectivity index (χ3v) is 2.23. The van der Waals surface area contributed by atoms with Gasteiger partial charge in [-0.05, 0) is 0 Å². The number of hydrogen-bond donors (Lipinski definition) is 6. The Hall–Kier alpha value is -0.280. The minimum Gasteiger partial charge on any atom is -0.387 e. The average molecular weight is 195 g/mol. The molecule has 0 radical (unpaired) electrons. The number of aliphatic hydroxyl groups excluding tert-OH is 5. The van der Waals surface area contributed by atoms with Gasteiger partial charge in [-0.1, -0.05) is 0 Å². The summed E-state index contributed by atoms with van der Waals surface area (Å²) < 4.78 is 0. The van der Waals surface area contributed by atoms with Gasteiger partial charge in [-0.25, -0.2) is 5.90 Å². The van der Waals surface area contributed by atoms with Crippen molar-refractivity contribution in [3.8, 4) is 0 Å². The van der Waals surface area contributed by atoms with Crippen molar-refractivity contribution in [3.63, 3.8) is 0 Å². The standard InChI is InChI=1S/C6H13NO6/c7-13-6-4(11)2(9)1(8)3(10)5(6)12/h1-6,8-12H,7H2/t1-,2-,3-,4-,5-,6-/m0/s1. The van der Waals surface area contributed by atoms with Gasteiger partial charge in [-0.2, -0.15) is 0 Å². The summed E-state index contributed by atoms with van der Waals surface area (Å²) in [5.41, 5.74) is 0. The zero-order valence-corrected chi connectivity index (χ0v) is 6.69. The molecular formula is C6H13NO6. The van der Waals surface area contributed by atoms with E-state index in [0.29, 0.717) is 0 Å². The van der Waals surface area contributed by atoms with E-state index in [9.17, 15) is 10.2 Å². The molecule has 1 aliphatic carbocycles. The summed E-state index contributed by atoms with van der Waals surface area (Å²) in [4.78, 5) is 4.17. The molecule has 0 amide bonds. The van der Waals surface area contributed by atoms with Crippen LogP contribution in [0.25, 0.3) is 0 Å². The largest absolute Gasteiger partial charge is 0.387 e. The van der Waals surface area contributed by atoms with Crippen LogP contribution in [0.15, 0.2) is 0 Å². The molecule has 1 rings (SSSR count). The first-order valence-electron chi connectivity index (χ1n) is 3.76. The second-order valence-electron chi connectivity index (χ2n) is 3.05. The second kappa shape index (κ2) is 3.84. The van der Waals surface area contributed by atoms with Gasteiger partial charge in [0.15, 0.2) is 0 Å². The summed E-state index contributed by atoms with van der Waals surface area (Å²) in [5, 5.41) is 45.8. The maximum absolute atomic E-state index is 9.21. The van der Waals surface area contributed by atoms with Crippen LogP contribution < -0.4 is 5.90 Å². The van der Waals surface area contributed by atoms with Gasteiger partial charge in [0, 0.05) is 0 Å². The Balaban J connectivity index is 2.79. The van der Waals surface area contributed by atoms with E-state index in [1.54, 1.807) is 0 Å². The van der Waals surface area contributed by atoms with E-state index in [2.05, 4.69) is 4.84 Å². The van der Waals surface area contributed by atoms with Crippen LogP contribution in [0.4, 0.5) is 0 Å². The first-order chi connectivity index (χ1) is 6.00. The highest BCUT2D eigenvalue weighted by molar-refractivity contribution is 4.98. The summed E-state index contributed by atoms with van der Waals surface area (Å²) in [6.07, 6.45) is -9.17. The van der Waals surface area contributed by atoms with E-state index < -0.39 is 36.6 Å². The van der Waals surface area contributed by atoms with Crippen LogP contribution in [0, 0.1) is 0 Å². The smallest absolute Gasteiger partial charge is 0.136 e. The fraction of sp³-hybridized carbons (Fsp3) is 1.00. The number of nitrogens with two attached hydrogens (primary N) is 1. The van der Waals surface area contributed by atoms with E-state index in [1.807, 2.05) is 0 Å². The Kier molecular flexibility index (Phi) is 3.19. The van der Waals surface area contributed by atoms with Gasteiger partial charge in [0.2, 0.25) is 0 Å². The molecule has 7 nitrogen and oxygen atoms in total. The van der Waals surface area contributed by atoms with Crippen molar-refractivity contribution in [3.05, 3.63) is 0 Å². The Morgan fingerprint density at radius 2 is 1.00 bits per heavy atom. The molecule has 0 unspecified atom stereocenters. The molecule has 0 aliphatic heterocycles. The third-order valence-electron chi connectivity index (χ3n) is 2.23. The first kappa shape index (κ1) is 10.8. The van der Waals surface area contributed by atoms with Crippen molar-refractivity contribution < 1.29 is 30.4 Å². The Bertz CT molecular complexity index is 163. The molecule has 0 saturated heterocycles. The lowest BCUT2D eigenvalue weighted by Crippen LogP contribution is -2.64. The normalized spacial score (nSPS) is 52.2. The zero-order valence-electron chi connectivity index (χ0n) is 6.69. The lowest BCUT2D eigenvalue weighted by atomic mass is 9.85. The summed E-state index contributed by atoms with van der Waals surface area (Å²) in [6.45, 7) is 0. The zero-order chi connectivity index (χ0) is 10.2. The fourth-order valence-electron chi connectivity index (χ4n) is 1.36. The van der Waals surface area contributed by atoms with Crippen molar-refractivity contribution in [1.29, 1.82) is 0 Å². The highest BCUT2D eigenvalue weighted by atomic mass is 16.6. The van der Waals surface area contributed by atoms with E-state index in [0.717, 1.165) is 0 Å². The minimum absolute atomic E-state index is 1.31. The molecular weight excluding hydrogens is 182 g/mol. The Morgan fingerprint density at radius 3 is 1.31 bits per heavy atom. The predicted molar refractivity (Wildman–Crippen MR) is 39.1 cm³/mol. The molecule has 4 atom stereocenters. The van der Waals surface area contributed by atoms with E-state index >= 15 is 0 Å². The molecule has 1 saturated carbocycles. The lowest BCUT2D eigenvalue weighted by molar-refractivity contribution is -0.236. The molecule has 0 aromatic carbocycles. The maximum Gasteiger partial charge on any atom is 0.136 e. The van der Waals surface area contributed by atoms with E-state index in [1.165, 1.54) is 0 Å². The number of rotatable bonds is 1. The highest BCUT2D eigenvalue weighted by Gasteiger charge is 2.48. The van der Waals surface area contributed by atoms with Crippen LogP contribution in [0.5, 0.6) is 0 Å². The van der Waals surface area contributed by atoms with Crippen LogP contribution in [-0.4, -0.2) is 62.2 Å². The van der Waals surface area contributed by atoms with Crippen LogP contribution in [0.1, 0.15) is 0 Å². The fourth-order valence-corrected chi connectivity index (χ4v) is 1.36. The summed E-state index contributed by atoms with van der Waals surface area (Å²) >= 11 is 0. The van der Waals surface area contributed by atoms with Gasteiger partial charge in [-0.15, -0.1) is 0 Å². The third kappa shape index (κ3) is 1.67. The number of hydrogen-bond acceptors (Lipinski definition) is 7. The van der Waals surface area contributed by atoms with Crippen LogP contribution in [0.2, 0.25) is 0 Å². The summed E-state index contributed by atoms with van der Waals surface area (Å²) in [7, 11) is 0. The molecule has 0 bridgehead atoms. The molecule has 78 valence electrons. The van der Waals surface area contributed by atoms with Crippen LogP contribution >= 0.6 is 0 Å². The maximum atomic E-state index is 9.21. The lowest BCUT2D eigenvalue weighted by Gasteiger charge is -2.40. The molecule has 7 heteroatoms. The van der Waals surface area contributed by atoms with Gasteiger partial charge in [0.25, 0.3) is 0 Å². The first-order valence-corrected chi connectivity index (χ1v) is 3.76. The van der Waals surface area contributed by atoms with Gasteiger partial charge >= 0.3 is 0 Å². The topological polar surface area (TPSA) is 136 Å². The van der Waals surface area contributed by atoms with Gasteiger partial charge in [-0.3, -0.25) is 4.84 Å². The SMILES string of the molecule is NO[C@H]1[C@@H](O)[C@@H](O)[C@H](O)[C@H](O)[C@@H]1O. The summed E-state index contributed by atoms with van der Waals surface area (Å²) in [5.74, 6) is 4.73. The molecule has 7 N–H and O–H groups in total. The van der Waals surface area contributed by atoms with Crippen molar-refractivity contribution in [2.24, 2.45) is 5.90 Å². The molecule has 0 spiro atoms.